The topological polar surface area (TPSA) is 28.7 Å². The molecule has 76 valence electrons. The monoisotopic (exact) mass is 256 g/mol. The van der Waals surface area contributed by atoms with E-state index in [2.05, 4.69) is 9.97 Å². The second-order valence-corrected chi connectivity index (χ2v) is 4.22. The maximum atomic E-state index is 6.04. The summed E-state index contributed by atoms with van der Waals surface area (Å²) in [6, 6.07) is 5.24. The molecule has 0 aliphatic rings. The van der Waals surface area contributed by atoms with Gasteiger partial charge in [0, 0.05) is 10.6 Å². The van der Waals surface area contributed by atoms with Crippen LogP contribution in [0.5, 0.6) is 0 Å². The molecule has 0 bridgehead atoms. The van der Waals surface area contributed by atoms with Crippen LogP contribution < -0.4 is 0 Å². The van der Waals surface area contributed by atoms with Gasteiger partial charge in [-0.2, -0.15) is 0 Å². The van der Waals surface area contributed by atoms with E-state index in [1.54, 1.807) is 30.6 Å². The third-order valence-corrected chi connectivity index (χ3v) is 2.64. The fourth-order valence-electron chi connectivity index (χ4n) is 1.22. The van der Waals surface area contributed by atoms with Crippen LogP contribution in [0.1, 0.15) is 0 Å². The molecular weight excluding hydrogens is 251 g/mol. The lowest BCUT2D eigenvalue weighted by atomic mass is 10.1. The Balaban J connectivity index is 2.63. The second kappa shape index (κ2) is 4.31. The minimum Gasteiger partial charge on any atom is -0.344 e. The van der Waals surface area contributed by atoms with Crippen molar-refractivity contribution in [1.82, 2.24) is 9.97 Å². The largest absolute Gasteiger partial charge is 0.344 e. The van der Waals surface area contributed by atoms with Crippen LogP contribution in [0.25, 0.3) is 11.3 Å². The summed E-state index contributed by atoms with van der Waals surface area (Å²) in [6.45, 7) is 0. The normalized spacial score (nSPS) is 10.3. The summed E-state index contributed by atoms with van der Waals surface area (Å²) in [6.07, 6.45) is 3.23. The van der Waals surface area contributed by atoms with E-state index in [9.17, 15) is 0 Å². The second-order valence-electron chi connectivity index (χ2n) is 2.93. The number of rotatable bonds is 1. The minimum atomic E-state index is 0.559. The Kier molecular flexibility index (Phi) is 3.05. The molecule has 2 nitrogen and oxygen atoms in total. The minimum absolute atomic E-state index is 0.559. The molecule has 1 aromatic heterocycles. The molecule has 0 saturated carbocycles. The Morgan fingerprint density at radius 3 is 2.73 bits per heavy atom. The quantitative estimate of drug-likeness (QED) is 0.778. The molecule has 0 saturated heterocycles. The molecule has 2 rings (SSSR count). The van der Waals surface area contributed by atoms with Crippen molar-refractivity contribution in [3.05, 3.63) is 45.3 Å². The SMILES string of the molecule is S=c1cncc(-c2cc(Cl)ccc2Cl)[nH]1. The third-order valence-electron chi connectivity index (χ3n) is 1.87. The number of H-pyrrole nitrogens is 1. The highest BCUT2D eigenvalue weighted by atomic mass is 35.5. The molecular formula is C10H6Cl2N2S. The molecule has 0 spiro atoms. The molecule has 5 heteroatoms. The fourth-order valence-corrected chi connectivity index (χ4v) is 1.78. The van der Waals surface area contributed by atoms with Gasteiger partial charge in [0.1, 0.15) is 4.64 Å². The van der Waals surface area contributed by atoms with Crippen molar-refractivity contribution in [1.29, 1.82) is 0 Å². The average Bonchev–Trinajstić information content (AvgIpc) is 2.22. The van der Waals surface area contributed by atoms with Crippen LogP contribution in [-0.4, -0.2) is 9.97 Å². The van der Waals surface area contributed by atoms with Crippen molar-refractivity contribution in [2.24, 2.45) is 0 Å². The van der Waals surface area contributed by atoms with Crippen LogP contribution in [0.2, 0.25) is 10.0 Å². The first-order chi connectivity index (χ1) is 7.16. The van der Waals surface area contributed by atoms with Crippen molar-refractivity contribution in [3.8, 4) is 11.3 Å². The van der Waals surface area contributed by atoms with Gasteiger partial charge < -0.3 is 4.98 Å². The first-order valence-corrected chi connectivity index (χ1v) is 5.33. The third kappa shape index (κ3) is 2.37. The number of nitrogens with one attached hydrogen (secondary N) is 1. The first kappa shape index (κ1) is 10.6. The summed E-state index contributed by atoms with van der Waals surface area (Å²) in [5, 5.41) is 1.23. The van der Waals surface area contributed by atoms with Gasteiger partial charge in [-0.3, -0.25) is 4.98 Å². The number of aromatic nitrogens is 2. The van der Waals surface area contributed by atoms with Crippen LogP contribution in [-0.2, 0) is 0 Å². The molecule has 0 unspecified atom stereocenters. The summed E-state index contributed by atoms with van der Waals surface area (Å²) in [5.74, 6) is 0. The Morgan fingerprint density at radius 1 is 1.20 bits per heavy atom. The van der Waals surface area contributed by atoms with Crippen molar-refractivity contribution in [2.45, 2.75) is 0 Å². The lowest BCUT2D eigenvalue weighted by Gasteiger charge is -2.04. The highest BCUT2D eigenvalue weighted by Gasteiger charge is 2.04. The lowest BCUT2D eigenvalue weighted by Crippen LogP contribution is -1.86. The summed E-state index contributed by atoms with van der Waals surface area (Å²) in [7, 11) is 0. The predicted octanol–water partition coefficient (Wildman–Crippen LogP) is 4.11. The lowest BCUT2D eigenvalue weighted by molar-refractivity contribution is 1.18. The highest BCUT2D eigenvalue weighted by Crippen LogP contribution is 2.28. The van der Waals surface area contributed by atoms with Gasteiger partial charge in [-0.25, -0.2) is 0 Å². The van der Waals surface area contributed by atoms with Gasteiger partial charge in [0.05, 0.1) is 23.1 Å². The van der Waals surface area contributed by atoms with E-state index < -0.39 is 0 Å². The zero-order valence-corrected chi connectivity index (χ0v) is 9.83. The van der Waals surface area contributed by atoms with Gasteiger partial charge in [-0.05, 0) is 18.2 Å². The predicted molar refractivity (Wildman–Crippen MR) is 64.9 cm³/mol. The standard InChI is InChI=1S/C10H6Cl2N2S/c11-6-1-2-8(12)7(3-6)9-4-13-5-10(15)14-9/h1-5H,(H,14,15). The number of benzene rings is 1. The molecule has 15 heavy (non-hydrogen) atoms. The summed E-state index contributed by atoms with van der Waals surface area (Å²) >= 11 is 16.9. The Bertz CT molecular complexity index is 551. The van der Waals surface area contributed by atoms with Crippen molar-refractivity contribution < 1.29 is 0 Å². The molecule has 0 aliphatic carbocycles. The zero-order chi connectivity index (χ0) is 10.8. The van der Waals surface area contributed by atoms with Crippen LogP contribution in [0.4, 0.5) is 0 Å². The van der Waals surface area contributed by atoms with E-state index in [-0.39, 0.29) is 0 Å². The molecule has 0 radical (unpaired) electrons. The molecule has 1 heterocycles. The maximum absolute atomic E-state index is 6.04. The van der Waals surface area contributed by atoms with Gasteiger partial charge in [0.2, 0.25) is 0 Å². The van der Waals surface area contributed by atoms with Crippen LogP contribution in [0.3, 0.4) is 0 Å². The van der Waals surface area contributed by atoms with Crippen molar-refractivity contribution in [3.63, 3.8) is 0 Å². The van der Waals surface area contributed by atoms with Gasteiger partial charge in [-0.1, -0.05) is 35.4 Å². The number of nitrogens with zero attached hydrogens (tertiary/aromatic N) is 1. The number of hydrogen-bond donors (Lipinski definition) is 1. The van der Waals surface area contributed by atoms with Crippen molar-refractivity contribution >= 4 is 35.4 Å². The van der Waals surface area contributed by atoms with Gasteiger partial charge in [-0.15, -0.1) is 0 Å². The van der Waals surface area contributed by atoms with Crippen LogP contribution >= 0.6 is 35.4 Å². The molecule has 0 fully saturated rings. The molecule has 2 aromatic rings. The van der Waals surface area contributed by atoms with E-state index in [1.807, 2.05) is 0 Å². The van der Waals surface area contributed by atoms with Gasteiger partial charge in [0.25, 0.3) is 0 Å². The van der Waals surface area contributed by atoms with E-state index >= 15 is 0 Å². The Morgan fingerprint density at radius 2 is 2.00 bits per heavy atom. The maximum Gasteiger partial charge on any atom is 0.122 e. The van der Waals surface area contributed by atoms with E-state index in [4.69, 9.17) is 35.4 Å². The Hall–Kier alpha value is -0.900. The molecule has 1 aromatic carbocycles. The van der Waals surface area contributed by atoms with E-state index in [1.165, 1.54) is 0 Å². The number of halogens is 2. The molecule has 0 amide bonds. The summed E-state index contributed by atoms with van der Waals surface area (Å²) in [5.41, 5.74) is 1.55. The van der Waals surface area contributed by atoms with Gasteiger partial charge >= 0.3 is 0 Å². The van der Waals surface area contributed by atoms with Crippen LogP contribution in [0.15, 0.2) is 30.6 Å². The summed E-state index contributed by atoms with van der Waals surface area (Å²) in [4.78, 5) is 7.00. The zero-order valence-electron chi connectivity index (χ0n) is 7.50. The smallest absolute Gasteiger partial charge is 0.122 e. The number of aromatic amines is 1. The van der Waals surface area contributed by atoms with Crippen LogP contribution in [0, 0.1) is 4.64 Å². The van der Waals surface area contributed by atoms with E-state index in [0.717, 1.165) is 11.3 Å². The fraction of sp³-hybridized carbons (Fsp3) is 0. The Labute approximate surface area is 102 Å². The summed E-state index contributed by atoms with van der Waals surface area (Å²) < 4.78 is 0.559. The molecule has 1 N–H and O–H groups in total. The van der Waals surface area contributed by atoms with Gasteiger partial charge in [0.15, 0.2) is 0 Å². The number of hydrogen-bond acceptors (Lipinski definition) is 2. The van der Waals surface area contributed by atoms with E-state index in [0.29, 0.717) is 14.7 Å². The highest BCUT2D eigenvalue weighted by molar-refractivity contribution is 7.71. The first-order valence-electron chi connectivity index (χ1n) is 4.16. The molecule has 0 atom stereocenters. The molecule has 0 aliphatic heterocycles. The van der Waals surface area contributed by atoms with Crippen molar-refractivity contribution in [2.75, 3.05) is 0 Å². The average molecular weight is 257 g/mol.